The van der Waals surface area contributed by atoms with E-state index < -0.39 is 0 Å². The van der Waals surface area contributed by atoms with Gasteiger partial charge in [-0.2, -0.15) is 0 Å². The normalized spacial score (nSPS) is 45.7. The van der Waals surface area contributed by atoms with Crippen LogP contribution in [0.4, 0.5) is 0 Å². The summed E-state index contributed by atoms with van der Waals surface area (Å²) in [4.78, 5) is 0. The van der Waals surface area contributed by atoms with E-state index in [-0.39, 0.29) is 0 Å². The van der Waals surface area contributed by atoms with Crippen LogP contribution in [0.5, 0.6) is 0 Å². The van der Waals surface area contributed by atoms with Crippen molar-refractivity contribution in [1.29, 1.82) is 0 Å². The number of nitrogens with one attached hydrogen (secondary N) is 1. The molecule has 1 aliphatic carbocycles. The van der Waals surface area contributed by atoms with Crippen molar-refractivity contribution < 1.29 is 0 Å². The second-order valence-corrected chi connectivity index (χ2v) is 4.95. The third kappa shape index (κ3) is 1.90. The Hall–Kier alpha value is -0.0400. The van der Waals surface area contributed by atoms with Gasteiger partial charge in [-0.25, -0.2) is 0 Å². The van der Waals surface area contributed by atoms with Crippen LogP contribution in [-0.4, -0.2) is 13.1 Å². The number of fused-ring (bicyclic) bond motifs is 1. The second kappa shape index (κ2) is 4.00. The van der Waals surface area contributed by atoms with E-state index >= 15 is 0 Å². The lowest BCUT2D eigenvalue weighted by atomic mass is 9.94. The second-order valence-electron chi connectivity index (χ2n) is 4.95. The molecule has 1 saturated carbocycles. The van der Waals surface area contributed by atoms with Gasteiger partial charge in [0.25, 0.3) is 0 Å². The lowest BCUT2D eigenvalue weighted by Crippen LogP contribution is -2.19. The van der Waals surface area contributed by atoms with Crippen molar-refractivity contribution >= 4 is 0 Å². The molecular weight excluding hydrogens is 158 g/mol. The van der Waals surface area contributed by atoms with Crippen molar-refractivity contribution in [2.45, 2.75) is 39.5 Å². The van der Waals surface area contributed by atoms with Crippen LogP contribution in [0.15, 0.2) is 0 Å². The molecule has 1 N–H and O–H groups in total. The van der Waals surface area contributed by atoms with E-state index in [4.69, 9.17) is 0 Å². The Morgan fingerprint density at radius 1 is 1.23 bits per heavy atom. The van der Waals surface area contributed by atoms with Crippen LogP contribution in [0.1, 0.15) is 39.5 Å². The zero-order valence-electron chi connectivity index (χ0n) is 9.05. The molecule has 2 aliphatic rings. The summed E-state index contributed by atoms with van der Waals surface area (Å²) >= 11 is 0. The Morgan fingerprint density at radius 3 is 2.85 bits per heavy atom. The summed E-state index contributed by atoms with van der Waals surface area (Å²) in [5.74, 6) is 4.24. The van der Waals surface area contributed by atoms with E-state index in [9.17, 15) is 0 Å². The highest BCUT2D eigenvalue weighted by molar-refractivity contribution is 4.97. The summed E-state index contributed by atoms with van der Waals surface area (Å²) in [5.41, 5.74) is 0. The molecule has 1 aliphatic heterocycles. The Balaban J connectivity index is 1.94. The molecule has 0 amide bonds. The van der Waals surface area contributed by atoms with Crippen molar-refractivity contribution in [3.63, 3.8) is 0 Å². The Labute approximate surface area is 82.3 Å². The van der Waals surface area contributed by atoms with Crippen LogP contribution in [0.2, 0.25) is 0 Å². The largest absolute Gasteiger partial charge is 0.317 e. The molecule has 4 unspecified atom stereocenters. The maximum atomic E-state index is 3.55. The first-order chi connectivity index (χ1) is 6.34. The SMILES string of the molecule is CCC1CCNCCCC2C(C)C12. The molecule has 1 heteroatoms. The van der Waals surface area contributed by atoms with Gasteiger partial charge in [0, 0.05) is 0 Å². The van der Waals surface area contributed by atoms with Crippen molar-refractivity contribution in [2.75, 3.05) is 13.1 Å². The smallest absolute Gasteiger partial charge is 0.00462 e. The minimum atomic E-state index is 1.02. The van der Waals surface area contributed by atoms with Crippen LogP contribution >= 0.6 is 0 Å². The van der Waals surface area contributed by atoms with E-state index in [0.29, 0.717) is 0 Å². The molecule has 0 spiro atoms. The highest BCUT2D eigenvalue weighted by atomic mass is 14.8. The fourth-order valence-corrected chi connectivity index (χ4v) is 3.36. The lowest BCUT2D eigenvalue weighted by molar-refractivity contribution is 0.383. The van der Waals surface area contributed by atoms with Crippen LogP contribution in [0, 0.1) is 23.7 Å². The summed E-state index contributed by atoms with van der Waals surface area (Å²) < 4.78 is 0. The molecule has 0 bridgehead atoms. The van der Waals surface area contributed by atoms with Gasteiger partial charge in [-0.05, 0) is 56.0 Å². The first-order valence-electron chi connectivity index (χ1n) is 6.05. The van der Waals surface area contributed by atoms with Gasteiger partial charge in [-0.1, -0.05) is 20.3 Å². The van der Waals surface area contributed by atoms with Crippen molar-refractivity contribution in [1.82, 2.24) is 5.32 Å². The van der Waals surface area contributed by atoms with E-state index in [1.54, 1.807) is 0 Å². The van der Waals surface area contributed by atoms with E-state index in [0.717, 1.165) is 23.7 Å². The van der Waals surface area contributed by atoms with E-state index in [1.807, 2.05) is 0 Å². The first kappa shape index (κ1) is 9.51. The topological polar surface area (TPSA) is 12.0 Å². The first-order valence-corrected chi connectivity index (χ1v) is 6.05. The zero-order valence-corrected chi connectivity index (χ0v) is 9.05. The third-order valence-corrected chi connectivity index (χ3v) is 4.29. The Morgan fingerprint density at radius 2 is 2.08 bits per heavy atom. The minimum absolute atomic E-state index is 1.02. The summed E-state index contributed by atoms with van der Waals surface area (Å²) in [6.07, 6.45) is 5.70. The van der Waals surface area contributed by atoms with E-state index in [1.165, 1.54) is 38.8 Å². The molecule has 0 radical (unpaired) electrons. The fourth-order valence-electron chi connectivity index (χ4n) is 3.36. The number of hydrogen-bond donors (Lipinski definition) is 1. The third-order valence-electron chi connectivity index (χ3n) is 4.29. The summed E-state index contributed by atoms with van der Waals surface area (Å²) in [5, 5.41) is 3.55. The van der Waals surface area contributed by atoms with Gasteiger partial charge < -0.3 is 5.32 Å². The van der Waals surface area contributed by atoms with Crippen LogP contribution in [0.3, 0.4) is 0 Å². The molecule has 2 rings (SSSR count). The maximum absolute atomic E-state index is 3.55. The predicted octanol–water partition coefficient (Wildman–Crippen LogP) is 2.67. The van der Waals surface area contributed by atoms with Gasteiger partial charge >= 0.3 is 0 Å². The average molecular weight is 181 g/mol. The molecule has 0 aromatic rings. The van der Waals surface area contributed by atoms with Crippen LogP contribution in [0.25, 0.3) is 0 Å². The summed E-state index contributed by atoms with van der Waals surface area (Å²) in [6, 6.07) is 0. The molecule has 1 saturated heterocycles. The van der Waals surface area contributed by atoms with Crippen LogP contribution in [-0.2, 0) is 0 Å². The van der Waals surface area contributed by atoms with Crippen LogP contribution < -0.4 is 5.32 Å². The van der Waals surface area contributed by atoms with Gasteiger partial charge in [0.2, 0.25) is 0 Å². The van der Waals surface area contributed by atoms with E-state index in [2.05, 4.69) is 19.2 Å². The zero-order chi connectivity index (χ0) is 9.26. The average Bonchev–Trinajstić information content (AvgIpc) is 2.75. The number of rotatable bonds is 1. The highest BCUT2D eigenvalue weighted by Crippen LogP contribution is 2.55. The lowest BCUT2D eigenvalue weighted by Gasteiger charge is -2.14. The molecule has 1 heterocycles. The predicted molar refractivity (Wildman–Crippen MR) is 56.6 cm³/mol. The number of hydrogen-bond acceptors (Lipinski definition) is 1. The molecule has 4 atom stereocenters. The molecule has 0 aromatic carbocycles. The molecule has 2 fully saturated rings. The molecular formula is C12H23N. The van der Waals surface area contributed by atoms with Crippen molar-refractivity contribution in [2.24, 2.45) is 23.7 Å². The Bertz CT molecular complexity index is 167. The van der Waals surface area contributed by atoms with Gasteiger partial charge in [0.1, 0.15) is 0 Å². The summed E-state index contributed by atoms with van der Waals surface area (Å²) in [7, 11) is 0. The molecule has 1 nitrogen and oxygen atoms in total. The highest BCUT2D eigenvalue weighted by Gasteiger charge is 2.49. The standard InChI is InChI=1S/C12H23N/c1-3-10-6-8-13-7-4-5-11-9(2)12(10)11/h9-13H,3-8H2,1-2H3. The van der Waals surface area contributed by atoms with Crippen molar-refractivity contribution in [3.8, 4) is 0 Å². The monoisotopic (exact) mass is 181 g/mol. The van der Waals surface area contributed by atoms with Gasteiger partial charge in [0.15, 0.2) is 0 Å². The molecule has 0 aromatic heterocycles. The van der Waals surface area contributed by atoms with Gasteiger partial charge in [0.05, 0.1) is 0 Å². The minimum Gasteiger partial charge on any atom is -0.317 e. The molecule has 13 heavy (non-hydrogen) atoms. The quantitative estimate of drug-likeness (QED) is 0.656. The maximum Gasteiger partial charge on any atom is -0.00462 e. The molecule has 76 valence electrons. The summed E-state index contributed by atoms with van der Waals surface area (Å²) in [6.45, 7) is 7.35. The van der Waals surface area contributed by atoms with Crippen molar-refractivity contribution in [3.05, 3.63) is 0 Å². The van der Waals surface area contributed by atoms with Gasteiger partial charge in [-0.3, -0.25) is 0 Å². The van der Waals surface area contributed by atoms with Gasteiger partial charge in [-0.15, -0.1) is 0 Å². The Kier molecular flexibility index (Phi) is 2.92. The fraction of sp³-hybridized carbons (Fsp3) is 1.00.